The highest BCUT2D eigenvalue weighted by Gasteiger charge is 2.37. The number of unbranched alkanes of at least 4 members (excludes halogenated alkanes) is 14. The molecule has 0 aliphatic carbocycles. The summed E-state index contributed by atoms with van der Waals surface area (Å²) in [5, 5.41) is 12.7. The molecule has 0 aromatic heterocycles. The van der Waals surface area contributed by atoms with Gasteiger partial charge in [-0.25, -0.2) is 0 Å². The molecule has 0 saturated carbocycles. The molecule has 290 valence electrons. The summed E-state index contributed by atoms with van der Waals surface area (Å²) in [6.45, 7) is 9.07. The summed E-state index contributed by atoms with van der Waals surface area (Å²) in [5.41, 5.74) is 0. The second kappa shape index (κ2) is 32.0. The van der Waals surface area contributed by atoms with Crippen LogP contribution in [-0.4, -0.2) is 75.5 Å². The Morgan fingerprint density at radius 2 is 0.860 bits per heavy atom. The summed E-state index contributed by atoms with van der Waals surface area (Å²) >= 11 is 0. The SMILES string of the molecule is CCCCCC1OC1C/C=C/CCCCCCCC(=O)NCCNCCNCCNC(=O)CCCCCCC/C=C/CC1OC1CCCCC. The minimum atomic E-state index is 0.160. The van der Waals surface area contributed by atoms with E-state index >= 15 is 0 Å². The van der Waals surface area contributed by atoms with Crippen LogP contribution in [0.15, 0.2) is 24.3 Å². The van der Waals surface area contributed by atoms with E-state index in [1.165, 1.54) is 89.9 Å². The molecule has 50 heavy (non-hydrogen) atoms. The third-order valence-corrected chi connectivity index (χ3v) is 9.91. The molecule has 2 amide bonds. The topological polar surface area (TPSA) is 107 Å². The Morgan fingerprint density at radius 1 is 0.460 bits per heavy atom. The van der Waals surface area contributed by atoms with Crippen LogP contribution in [0.2, 0.25) is 0 Å². The van der Waals surface area contributed by atoms with Crippen molar-refractivity contribution in [2.75, 3.05) is 39.3 Å². The molecule has 0 bridgehead atoms. The number of hydrogen-bond donors (Lipinski definition) is 4. The monoisotopic (exact) mass is 703 g/mol. The average Bonchev–Trinajstić information content (AvgIpc) is 4.04. The van der Waals surface area contributed by atoms with Crippen LogP contribution in [0.4, 0.5) is 0 Å². The molecule has 2 heterocycles. The Hall–Kier alpha value is -1.74. The largest absolute Gasteiger partial charge is 0.369 e. The molecular formula is C42H78N4O4. The molecule has 2 fully saturated rings. The zero-order chi connectivity index (χ0) is 35.7. The van der Waals surface area contributed by atoms with E-state index < -0.39 is 0 Å². The number of rotatable bonds is 37. The van der Waals surface area contributed by atoms with Gasteiger partial charge in [-0.15, -0.1) is 0 Å². The van der Waals surface area contributed by atoms with E-state index in [1.54, 1.807) is 0 Å². The van der Waals surface area contributed by atoms with E-state index in [1.807, 2.05) is 0 Å². The van der Waals surface area contributed by atoms with Gasteiger partial charge in [0.1, 0.15) is 0 Å². The number of carbonyl (C=O) groups excluding carboxylic acids is 2. The highest BCUT2D eigenvalue weighted by atomic mass is 16.6. The molecule has 2 aliphatic rings. The van der Waals surface area contributed by atoms with E-state index in [0.29, 0.717) is 50.3 Å². The molecule has 0 aromatic carbocycles. The normalized spacial score (nSPS) is 19.8. The van der Waals surface area contributed by atoms with Gasteiger partial charge in [0.2, 0.25) is 11.8 Å². The number of epoxide rings is 2. The fourth-order valence-corrected chi connectivity index (χ4v) is 6.51. The summed E-state index contributed by atoms with van der Waals surface area (Å²) in [7, 11) is 0. The van der Waals surface area contributed by atoms with Gasteiger partial charge in [-0.3, -0.25) is 9.59 Å². The van der Waals surface area contributed by atoms with Gasteiger partial charge in [0.25, 0.3) is 0 Å². The number of nitrogens with one attached hydrogen (secondary N) is 4. The lowest BCUT2D eigenvalue weighted by molar-refractivity contribution is -0.122. The van der Waals surface area contributed by atoms with E-state index in [2.05, 4.69) is 59.4 Å². The minimum Gasteiger partial charge on any atom is -0.369 e. The van der Waals surface area contributed by atoms with Crippen molar-refractivity contribution in [1.82, 2.24) is 21.3 Å². The molecular weight excluding hydrogens is 624 g/mol. The van der Waals surface area contributed by atoms with E-state index in [0.717, 1.165) is 77.5 Å². The van der Waals surface area contributed by atoms with Crippen LogP contribution in [0.3, 0.4) is 0 Å². The molecule has 4 N–H and O–H groups in total. The lowest BCUT2D eigenvalue weighted by Crippen LogP contribution is -2.37. The number of allylic oxidation sites excluding steroid dienone is 2. The Labute approximate surface area is 307 Å². The molecule has 8 heteroatoms. The maximum Gasteiger partial charge on any atom is 0.220 e. The van der Waals surface area contributed by atoms with Crippen molar-refractivity contribution in [3.05, 3.63) is 24.3 Å². The smallest absolute Gasteiger partial charge is 0.220 e. The lowest BCUT2D eigenvalue weighted by atomic mass is 10.1. The number of hydrogen-bond acceptors (Lipinski definition) is 6. The van der Waals surface area contributed by atoms with E-state index in [4.69, 9.17) is 9.47 Å². The van der Waals surface area contributed by atoms with Gasteiger partial charge in [0, 0.05) is 52.1 Å². The zero-order valence-electron chi connectivity index (χ0n) is 32.5. The predicted octanol–water partition coefficient (Wildman–Crippen LogP) is 8.45. The summed E-state index contributed by atoms with van der Waals surface area (Å²) in [5.74, 6) is 0.320. The standard InChI is InChI=1S/C42H78N4O4/c1-3-5-19-25-37-39(49-37)27-21-15-11-7-9-13-17-23-29-41(47)45-35-33-43-31-32-44-34-36-46-42(48)30-24-18-14-10-8-12-16-22-28-40-38(50-40)26-20-6-4-2/h15-16,21-22,37-40,43-44H,3-14,17-20,23-36H2,1-2H3,(H,45,47)(H,46,48)/b21-15+,22-16+. The third kappa shape index (κ3) is 27.0. The second-order valence-corrected chi connectivity index (χ2v) is 14.6. The van der Waals surface area contributed by atoms with Crippen molar-refractivity contribution in [3.63, 3.8) is 0 Å². The molecule has 4 atom stereocenters. The summed E-state index contributed by atoms with van der Waals surface area (Å²) in [6, 6.07) is 0. The molecule has 0 radical (unpaired) electrons. The Morgan fingerprint density at radius 3 is 1.30 bits per heavy atom. The highest BCUT2D eigenvalue weighted by Crippen LogP contribution is 2.31. The van der Waals surface area contributed by atoms with Gasteiger partial charge in [-0.05, 0) is 64.2 Å². The van der Waals surface area contributed by atoms with Crippen LogP contribution in [0.5, 0.6) is 0 Å². The van der Waals surface area contributed by atoms with Crippen LogP contribution in [0, 0.1) is 0 Å². The van der Waals surface area contributed by atoms with Gasteiger partial charge in [0.15, 0.2) is 0 Å². The Kier molecular flexibility index (Phi) is 28.4. The fourth-order valence-electron chi connectivity index (χ4n) is 6.51. The van der Waals surface area contributed by atoms with Crippen LogP contribution < -0.4 is 21.3 Å². The van der Waals surface area contributed by atoms with Gasteiger partial charge in [-0.2, -0.15) is 0 Å². The van der Waals surface area contributed by atoms with Gasteiger partial charge in [0.05, 0.1) is 24.4 Å². The van der Waals surface area contributed by atoms with Crippen LogP contribution in [-0.2, 0) is 19.1 Å². The van der Waals surface area contributed by atoms with Crippen LogP contribution in [0.1, 0.15) is 168 Å². The number of carbonyl (C=O) groups is 2. The quantitative estimate of drug-likeness (QED) is 0.0294. The maximum atomic E-state index is 12.1. The van der Waals surface area contributed by atoms with Crippen molar-refractivity contribution in [3.8, 4) is 0 Å². The fraction of sp³-hybridized carbons (Fsp3) is 0.857. The first-order chi connectivity index (χ1) is 24.6. The van der Waals surface area contributed by atoms with Gasteiger partial charge in [-0.1, -0.05) is 115 Å². The van der Waals surface area contributed by atoms with Crippen molar-refractivity contribution >= 4 is 11.8 Å². The van der Waals surface area contributed by atoms with Gasteiger partial charge < -0.3 is 30.7 Å². The summed E-state index contributed by atoms with van der Waals surface area (Å²) in [4.78, 5) is 24.1. The lowest BCUT2D eigenvalue weighted by Gasteiger charge is -2.09. The summed E-state index contributed by atoms with van der Waals surface area (Å²) < 4.78 is 11.5. The molecule has 2 rings (SSSR count). The number of ether oxygens (including phenoxy) is 2. The first kappa shape index (κ1) is 44.4. The molecule has 8 nitrogen and oxygen atoms in total. The van der Waals surface area contributed by atoms with Crippen LogP contribution in [0.25, 0.3) is 0 Å². The minimum absolute atomic E-state index is 0.160. The highest BCUT2D eigenvalue weighted by molar-refractivity contribution is 5.76. The second-order valence-electron chi connectivity index (χ2n) is 14.6. The van der Waals surface area contributed by atoms with Crippen LogP contribution >= 0.6 is 0 Å². The first-order valence-electron chi connectivity index (χ1n) is 21.2. The molecule has 4 unspecified atom stereocenters. The van der Waals surface area contributed by atoms with Crippen molar-refractivity contribution in [2.24, 2.45) is 0 Å². The Balaban J connectivity index is 1.21. The zero-order valence-corrected chi connectivity index (χ0v) is 32.5. The predicted molar refractivity (Wildman–Crippen MR) is 210 cm³/mol. The van der Waals surface area contributed by atoms with E-state index in [-0.39, 0.29) is 11.8 Å². The Bertz CT molecular complexity index is 812. The maximum absolute atomic E-state index is 12.1. The van der Waals surface area contributed by atoms with Crippen molar-refractivity contribution in [2.45, 2.75) is 192 Å². The first-order valence-corrected chi connectivity index (χ1v) is 21.2. The molecule has 2 saturated heterocycles. The van der Waals surface area contributed by atoms with Gasteiger partial charge >= 0.3 is 0 Å². The average molecular weight is 703 g/mol. The van der Waals surface area contributed by atoms with E-state index in [9.17, 15) is 9.59 Å². The van der Waals surface area contributed by atoms with Crippen molar-refractivity contribution < 1.29 is 19.1 Å². The molecule has 0 spiro atoms. The third-order valence-electron chi connectivity index (χ3n) is 9.91. The number of amides is 2. The molecule has 0 aromatic rings. The molecule has 2 aliphatic heterocycles. The summed E-state index contributed by atoms with van der Waals surface area (Å²) in [6.07, 6.45) is 38.9. The van der Waals surface area contributed by atoms with Crippen molar-refractivity contribution in [1.29, 1.82) is 0 Å².